The lowest BCUT2D eigenvalue weighted by atomic mass is 9.90. The number of nitrogens with one attached hydrogen (secondary N) is 1. The van der Waals surface area contributed by atoms with Gasteiger partial charge in [-0.3, -0.25) is 4.90 Å². The molecule has 0 bridgehead atoms. The maximum absolute atomic E-state index is 5.53. The highest BCUT2D eigenvalue weighted by atomic mass is 16.5. The second-order valence-electron chi connectivity index (χ2n) is 6.87. The minimum atomic E-state index is 0.242. The van der Waals surface area contributed by atoms with Crippen LogP contribution in [-0.2, 0) is 6.54 Å². The summed E-state index contributed by atoms with van der Waals surface area (Å²) in [5, 5.41) is 3.79. The second-order valence-corrected chi connectivity index (χ2v) is 6.87. The Morgan fingerprint density at radius 3 is 2.76 bits per heavy atom. The molecule has 0 amide bonds. The van der Waals surface area contributed by atoms with Crippen LogP contribution in [0.4, 0.5) is 0 Å². The van der Waals surface area contributed by atoms with E-state index < -0.39 is 0 Å². The molecular weight excluding hydrogens is 260 g/mol. The van der Waals surface area contributed by atoms with Crippen LogP contribution in [-0.4, -0.2) is 36.7 Å². The van der Waals surface area contributed by atoms with Gasteiger partial charge in [-0.2, -0.15) is 0 Å². The summed E-state index contributed by atoms with van der Waals surface area (Å²) < 4.78 is 5.53. The van der Waals surface area contributed by atoms with Crippen LogP contribution in [0.5, 0.6) is 5.75 Å². The van der Waals surface area contributed by atoms with Crippen LogP contribution in [0, 0.1) is 5.92 Å². The molecule has 3 nitrogen and oxygen atoms in total. The summed E-state index contributed by atoms with van der Waals surface area (Å²) in [7, 11) is 1.77. The van der Waals surface area contributed by atoms with Crippen LogP contribution in [0.25, 0.3) is 0 Å². The molecule has 1 aliphatic carbocycles. The average molecular weight is 288 g/mol. The summed E-state index contributed by atoms with van der Waals surface area (Å²) in [4.78, 5) is 2.67. The van der Waals surface area contributed by atoms with E-state index in [-0.39, 0.29) is 5.54 Å². The summed E-state index contributed by atoms with van der Waals surface area (Å²) >= 11 is 0. The predicted molar refractivity (Wildman–Crippen MR) is 86.6 cm³/mol. The molecule has 2 fully saturated rings. The second kappa shape index (κ2) is 5.98. The van der Waals surface area contributed by atoms with E-state index in [9.17, 15) is 0 Å². The number of hydrogen-bond acceptors (Lipinski definition) is 3. The monoisotopic (exact) mass is 288 g/mol. The number of piperazine rings is 1. The summed E-state index contributed by atoms with van der Waals surface area (Å²) in [6, 6.07) is 9.11. The Balaban J connectivity index is 1.78. The van der Waals surface area contributed by atoms with Crippen LogP contribution in [0.15, 0.2) is 24.3 Å². The first-order valence-electron chi connectivity index (χ1n) is 8.26. The van der Waals surface area contributed by atoms with Gasteiger partial charge in [0.2, 0.25) is 0 Å². The van der Waals surface area contributed by atoms with Crippen molar-refractivity contribution in [2.45, 2.75) is 51.2 Å². The van der Waals surface area contributed by atoms with Crippen molar-refractivity contribution in [2.75, 3.05) is 20.2 Å². The molecule has 0 spiro atoms. The van der Waals surface area contributed by atoms with Gasteiger partial charge >= 0.3 is 0 Å². The van der Waals surface area contributed by atoms with Gasteiger partial charge in [-0.25, -0.2) is 0 Å². The first-order valence-corrected chi connectivity index (χ1v) is 8.26. The molecule has 1 aliphatic heterocycles. The van der Waals surface area contributed by atoms with Crippen molar-refractivity contribution in [2.24, 2.45) is 5.92 Å². The molecule has 3 heteroatoms. The SMILES string of the molecule is CCC1(C)CNC(C2CC2)CN1Cc1ccccc1OC. The first-order chi connectivity index (χ1) is 10.2. The Morgan fingerprint density at radius 2 is 2.10 bits per heavy atom. The highest BCUT2D eigenvalue weighted by Crippen LogP contribution is 2.37. The summed E-state index contributed by atoms with van der Waals surface area (Å²) in [5.41, 5.74) is 1.54. The average Bonchev–Trinajstić information content (AvgIpc) is 3.35. The van der Waals surface area contributed by atoms with E-state index in [1.807, 2.05) is 6.07 Å². The van der Waals surface area contributed by atoms with Gasteiger partial charge in [0, 0.05) is 36.8 Å². The standard InChI is InChI=1S/C18H28N2O/c1-4-18(2)13-19-16(14-9-10-14)12-20(18)11-15-7-5-6-8-17(15)21-3/h5-8,14,16,19H,4,9-13H2,1-3H3. The van der Waals surface area contributed by atoms with E-state index in [2.05, 4.69) is 42.3 Å². The topological polar surface area (TPSA) is 24.5 Å². The lowest BCUT2D eigenvalue weighted by Gasteiger charge is -2.48. The fourth-order valence-electron chi connectivity index (χ4n) is 3.44. The first kappa shape index (κ1) is 14.9. The molecule has 0 aromatic heterocycles. The zero-order valence-electron chi connectivity index (χ0n) is 13.6. The van der Waals surface area contributed by atoms with Crippen molar-refractivity contribution in [3.05, 3.63) is 29.8 Å². The Labute approximate surface area is 128 Å². The van der Waals surface area contributed by atoms with Gasteiger partial charge in [-0.05, 0) is 38.2 Å². The molecular formula is C18H28N2O. The molecule has 1 aromatic carbocycles. The summed E-state index contributed by atoms with van der Waals surface area (Å²) in [5.74, 6) is 1.92. The number of nitrogens with zero attached hydrogens (tertiary/aromatic N) is 1. The third-order valence-corrected chi connectivity index (χ3v) is 5.43. The molecule has 116 valence electrons. The van der Waals surface area contributed by atoms with Crippen molar-refractivity contribution >= 4 is 0 Å². The van der Waals surface area contributed by atoms with Gasteiger partial charge in [-0.1, -0.05) is 25.1 Å². The molecule has 1 aromatic rings. The summed E-state index contributed by atoms with van der Waals surface area (Å²) in [6.45, 7) is 7.93. The normalized spacial score (nSPS) is 30.3. The van der Waals surface area contributed by atoms with Crippen molar-refractivity contribution in [1.29, 1.82) is 0 Å². The smallest absolute Gasteiger partial charge is 0.123 e. The highest BCUT2D eigenvalue weighted by Gasteiger charge is 2.41. The Kier molecular flexibility index (Phi) is 4.23. The van der Waals surface area contributed by atoms with Crippen LogP contribution < -0.4 is 10.1 Å². The molecule has 1 N–H and O–H groups in total. The third kappa shape index (κ3) is 3.09. The van der Waals surface area contributed by atoms with Gasteiger partial charge in [0.25, 0.3) is 0 Å². The van der Waals surface area contributed by atoms with E-state index in [4.69, 9.17) is 4.74 Å². The fourth-order valence-corrected chi connectivity index (χ4v) is 3.44. The number of methoxy groups -OCH3 is 1. The zero-order chi connectivity index (χ0) is 14.9. The Morgan fingerprint density at radius 1 is 1.33 bits per heavy atom. The van der Waals surface area contributed by atoms with Crippen LogP contribution >= 0.6 is 0 Å². The zero-order valence-corrected chi connectivity index (χ0v) is 13.6. The lowest BCUT2D eigenvalue weighted by molar-refractivity contribution is 0.0363. The third-order valence-electron chi connectivity index (χ3n) is 5.43. The van der Waals surface area contributed by atoms with E-state index in [0.717, 1.165) is 31.3 Å². The number of hydrogen-bond donors (Lipinski definition) is 1. The van der Waals surface area contributed by atoms with Gasteiger partial charge in [0.05, 0.1) is 7.11 Å². The fraction of sp³-hybridized carbons (Fsp3) is 0.667. The largest absolute Gasteiger partial charge is 0.496 e. The predicted octanol–water partition coefficient (Wildman–Crippen LogP) is 3.05. The number of benzene rings is 1. The van der Waals surface area contributed by atoms with Gasteiger partial charge in [-0.15, -0.1) is 0 Å². The molecule has 2 aliphatic rings. The Bertz CT molecular complexity index is 486. The van der Waals surface area contributed by atoms with Crippen LogP contribution in [0.3, 0.4) is 0 Å². The molecule has 1 saturated carbocycles. The van der Waals surface area contributed by atoms with Crippen molar-refractivity contribution < 1.29 is 4.74 Å². The number of rotatable bonds is 5. The Hall–Kier alpha value is -1.06. The molecule has 1 saturated heterocycles. The molecule has 21 heavy (non-hydrogen) atoms. The van der Waals surface area contributed by atoms with Crippen molar-refractivity contribution in [3.8, 4) is 5.75 Å². The van der Waals surface area contributed by atoms with Crippen LogP contribution in [0.1, 0.15) is 38.7 Å². The minimum Gasteiger partial charge on any atom is -0.496 e. The van der Waals surface area contributed by atoms with E-state index in [1.165, 1.54) is 24.8 Å². The molecule has 0 radical (unpaired) electrons. The van der Waals surface area contributed by atoms with E-state index >= 15 is 0 Å². The molecule has 2 atom stereocenters. The van der Waals surface area contributed by atoms with E-state index in [0.29, 0.717) is 6.04 Å². The van der Waals surface area contributed by atoms with Crippen LogP contribution in [0.2, 0.25) is 0 Å². The quantitative estimate of drug-likeness (QED) is 0.901. The van der Waals surface area contributed by atoms with Gasteiger partial charge < -0.3 is 10.1 Å². The minimum absolute atomic E-state index is 0.242. The maximum Gasteiger partial charge on any atom is 0.123 e. The van der Waals surface area contributed by atoms with Crippen molar-refractivity contribution in [1.82, 2.24) is 10.2 Å². The number of ether oxygens (including phenoxy) is 1. The number of para-hydroxylation sites is 1. The molecule has 3 rings (SSSR count). The van der Waals surface area contributed by atoms with E-state index in [1.54, 1.807) is 7.11 Å². The van der Waals surface area contributed by atoms with Crippen molar-refractivity contribution in [3.63, 3.8) is 0 Å². The lowest BCUT2D eigenvalue weighted by Crippen LogP contribution is -2.63. The maximum atomic E-state index is 5.53. The van der Waals surface area contributed by atoms with Gasteiger partial charge in [0.15, 0.2) is 0 Å². The highest BCUT2D eigenvalue weighted by molar-refractivity contribution is 5.33. The molecule has 2 unspecified atom stereocenters. The summed E-state index contributed by atoms with van der Waals surface area (Å²) in [6.07, 6.45) is 3.98. The molecule has 1 heterocycles. The van der Waals surface area contributed by atoms with Gasteiger partial charge in [0.1, 0.15) is 5.75 Å².